The molecule has 1 aliphatic rings. The van der Waals surface area contributed by atoms with E-state index in [1.165, 1.54) is 16.7 Å². The Kier molecular flexibility index (Phi) is 3.87. The Morgan fingerprint density at radius 2 is 1.81 bits per heavy atom. The van der Waals surface area contributed by atoms with Crippen LogP contribution in [0.1, 0.15) is 5.56 Å². The smallest absolute Gasteiger partial charge is 0.325 e. The number of quaternary nitrogens is 1. The minimum absolute atomic E-state index is 0.315. The minimum atomic E-state index is -0.461. The first-order chi connectivity index (χ1) is 10.2. The lowest BCUT2D eigenvalue weighted by molar-refractivity contribution is -0.914. The zero-order valence-corrected chi connectivity index (χ0v) is 11.8. The molecule has 2 aromatic rings. The Hall–Kier alpha value is -2.34. The molecule has 21 heavy (non-hydrogen) atoms. The summed E-state index contributed by atoms with van der Waals surface area (Å²) >= 11 is 0. The molecule has 3 N–H and O–H groups in total. The number of aromatic amines is 2. The highest BCUT2D eigenvalue weighted by Crippen LogP contribution is 2.04. The van der Waals surface area contributed by atoms with Gasteiger partial charge in [0.05, 0.1) is 26.2 Å². The van der Waals surface area contributed by atoms with Gasteiger partial charge in [-0.2, -0.15) is 0 Å². The topological polar surface area (TPSA) is 73.4 Å². The highest BCUT2D eigenvalue weighted by molar-refractivity contribution is 5.41. The van der Waals surface area contributed by atoms with Gasteiger partial charge in [0.25, 0.3) is 5.56 Å². The second kappa shape index (κ2) is 5.97. The Morgan fingerprint density at radius 3 is 2.48 bits per heavy atom. The number of nitrogens with zero attached hydrogens (tertiary/aromatic N) is 1. The van der Waals surface area contributed by atoms with Gasteiger partial charge in [0, 0.05) is 11.8 Å². The van der Waals surface area contributed by atoms with Crippen LogP contribution in [0.25, 0.3) is 0 Å². The van der Waals surface area contributed by atoms with Crippen molar-refractivity contribution in [3.8, 4) is 0 Å². The summed E-state index contributed by atoms with van der Waals surface area (Å²) < 4.78 is 0. The summed E-state index contributed by atoms with van der Waals surface area (Å²) in [6.45, 7) is 4.60. The van der Waals surface area contributed by atoms with Crippen LogP contribution >= 0.6 is 0 Å². The molecule has 1 fully saturated rings. The molecule has 6 heteroatoms. The highest BCUT2D eigenvalue weighted by Gasteiger charge is 2.22. The van der Waals surface area contributed by atoms with E-state index in [1.807, 2.05) is 11.0 Å². The number of rotatable bonds is 3. The molecular weight excluding hydrogens is 268 g/mol. The van der Waals surface area contributed by atoms with Gasteiger partial charge in [-0.05, 0) is 0 Å². The van der Waals surface area contributed by atoms with Gasteiger partial charge in [-0.3, -0.25) is 9.78 Å². The van der Waals surface area contributed by atoms with E-state index >= 15 is 0 Å². The van der Waals surface area contributed by atoms with E-state index in [2.05, 4.69) is 34.2 Å². The Morgan fingerprint density at radius 1 is 1.10 bits per heavy atom. The van der Waals surface area contributed by atoms with Crippen LogP contribution in [0.2, 0.25) is 0 Å². The first kappa shape index (κ1) is 13.6. The van der Waals surface area contributed by atoms with E-state index in [9.17, 15) is 9.59 Å². The summed E-state index contributed by atoms with van der Waals surface area (Å²) in [6.07, 6.45) is 1.50. The monoisotopic (exact) mass is 287 g/mol. The molecular formula is C15H19N4O2+. The molecule has 0 atom stereocenters. The van der Waals surface area contributed by atoms with Crippen LogP contribution in [0, 0.1) is 0 Å². The van der Waals surface area contributed by atoms with E-state index in [1.54, 1.807) is 0 Å². The maximum Gasteiger partial charge on any atom is 0.325 e. The minimum Gasteiger partial charge on any atom is -0.355 e. The zero-order chi connectivity index (χ0) is 14.7. The predicted molar refractivity (Wildman–Crippen MR) is 80.7 cm³/mol. The lowest BCUT2D eigenvalue weighted by atomic mass is 10.2. The zero-order valence-electron chi connectivity index (χ0n) is 11.8. The van der Waals surface area contributed by atoms with E-state index < -0.39 is 5.69 Å². The van der Waals surface area contributed by atoms with Crippen molar-refractivity contribution in [1.29, 1.82) is 0 Å². The second-order valence-corrected chi connectivity index (χ2v) is 5.36. The molecule has 110 valence electrons. The molecule has 0 saturated carbocycles. The number of H-pyrrole nitrogens is 2. The van der Waals surface area contributed by atoms with Crippen molar-refractivity contribution in [1.82, 2.24) is 9.97 Å². The first-order valence-electron chi connectivity index (χ1n) is 7.17. The van der Waals surface area contributed by atoms with Gasteiger partial charge in [-0.1, -0.05) is 30.3 Å². The molecule has 1 aromatic heterocycles. The van der Waals surface area contributed by atoms with E-state index in [4.69, 9.17) is 0 Å². The fourth-order valence-corrected chi connectivity index (χ4v) is 2.76. The number of piperazine rings is 1. The average molecular weight is 287 g/mol. The summed E-state index contributed by atoms with van der Waals surface area (Å²) in [6, 6.07) is 10.4. The molecule has 0 amide bonds. The molecule has 2 heterocycles. The average Bonchev–Trinajstić information content (AvgIpc) is 2.49. The number of nitrogens with one attached hydrogen (secondary N) is 3. The Labute approximate surface area is 122 Å². The van der Waals surface area contributed by atoms with Crippen molar-refractivity contribution in [2.45, 2.75) is 6.54 Å². The van der Waals surface area contributed by atoms with Crippen LogP contribution in [0.15, 0.2) is 46.1 Å². The van der Waals surface area contributed by atoms with Crippen LogP contribution in [0.3, 0.4) is 0 Å². The van der Waals surface area contributed by atoms with Gasteiger partial charge < -0.3 is 14.8 Å². The standard InChI is InChI=1S/C15H18N4O2/c20-14-13(10-16-15(21)17-14)19-8-6-18(7-9-19)11-12-4-2-1-3-5-12/h1-5,10H,6-9,11H2,(H2,16,17,20,21)/p+1. The molecule has 1 aromatic carbocycles. The molecule has 0 unspecified atom stereocenters. The van der Waals surface area contributed by atoms with Crippen LogP contribution < -0.4 is 21.0 Å². The van der Waals surface area contributed by atoms with Crippen molar-refractivity contribution in [3.05, 3.63) is 62.9 Å². The lowest BCUT2D eigenvalue weighted by Crippen LogP contribution is -3.13. The van der Waals surface area contributed by atoms with Gasteiger partial charge in [0.1, 0.15) is 12.2 Å². The number of anilines is 1. The summed E-state index contributed by atoms with van der Waals surface area (Å²) in [4.78, 5) is 31.2. The van der Waals surface area contributed by atoms with Crippen molar-refractivity contribution >= 4 is 5.69 Å². The highest BCUT2D eigenvalue weighted by atomic mass is 16.2. The summed E-state index contributed by atoms with van der Waals surface area (Å²) in [7, 11) is 0. The third kappa shape index (κ3) is 3.22. The largest absolute Gasteiger partial charge is 0.355 e. The van der Waals surface area contributed by atoms with Crippen LogP contribution in [-0.2, 0) is 6.54 Å². The third-order valence-electron chi connectivity index (χ3n) is 3.91. The van der Waals surface area contributed by atoms with E-state index in [0.717, 1.165) is 32.7 Å². The van der Waals surface area contributed by atoms with Crippen molar-refractivity contribution < 1.29 is 4.90 Å². The molecule has 0 spiro atoms. The second-order valence-electron chi connectivity index (χ2n) is 5.36. The SMILES string of the molecule is O=c1[nH]cc(N2CC[NH+](Cc3ccccc3)CC2)c(=O)[nH]1. The van der Waals surface area contributed by atoms with Gasteiger partial charge in [-0.15, -0.1) is 0 Å². The predicted octanol–water partition coefficient (Wildman–Crippen LogP) is -1.03. The number of aromatic nitrogens is 2. The van der Waals surface area contributed by atoms with E-state index in [0.29, 0.717) is 5.69 Å². The molecule has 0 bridgehead atoms. The summed E-state index contributed by atoms with van der Waals surface area (Å²) in [5.41, 5.74) is 1.11. The van der Waals surface area contributed by atoms with Gasteiger partial charge in [-0.25, -0.2) is 4.79 Å². The Bertz CT molecular complexity index is 699. The normalized spacial score (nSPS) is 16.1. The third-order valence-corrected chi connectivity index (χ3v) is 3.91. The van der Waals surface area contributed by atoms with Crippen LogP contribution in [-0.4, -0.2) is 36.1 Å². The fourth-order valence-electron chi connectivity index (χ4n) is 2.76. The quantitative estimate of drug-likeness (QED) is 0.676. The van der Waals surface area contributed by atoms with Crippen molar-refractivity contribution in [3.63, 3.8) is 0 Å². The van der Waals surface area contributed by atoms with Crippen LogP contribution in [0.5, 0.6) is 0 Å². The number of benzene rings is 1. The number of hydrogen-bond donors (Lipinski definition) is 3. The van der Waals surface area contributed by atoms with E-state index in [-0.39, 0.29) is 5.56 Å². The van der Waals surface area contributed by atoms with Gasteiger partial charge >= 0.3 is 5.69 Å². The first-order valence-corrected chi connectivity index (χ1v) is 7.17. The molecule has 0 radical (unpaired) electrons. The van der Waals surface area contributed by atoms with Gasteiger partial charge in [0.2, 0.25) is 0 Å². The fraction of sp³-hybridized carbons (Fsp3) is 0.333. The Balaban J connectivity index is 1.62. The number of hydrogen-bond acceptors (Lipinski definition) is 3. The maximum atomic E-state index is 11.8. The van der Waals surface area contributed by atoms with Crippen molar-refractivity contribution in [2.75, 3.05) is 31.1 Å². The molecule has 1 saturated heterocycles. The van der Waals surface area contributed by atoms with Crippen molar-refractivity contribution in [2.24, 2.45) is 0 Å². The molecule has 0 aliphatic carbocycles. The molecule has 3 rings (SSSR count). The molecule has 1 aliphatic heterocycles. The summed E-state index contributed by atoms with van der Waals surface area (Å²) in [5.74, 6) is 0. The van der Waals surface area contributed by atoms with Gasteiger partial charge in [0.15, 0.2) is 0 Å². The lowest BCUT2D eigenvalue weighted by Gasteiger charge is -2.32. The maximum absolute atomic E-state index is 11.8. The van der Waals surface area contributed by atoms with Crippen LogP contribution in [0.4, 0.5) is 5.69 Å². The molecule has 6 nitrogen and oxygen atoms in total. The summed E-state index contributed by atoms with van der Waals surface area (Å²) in [5, 5.41) is 0.